The first kappa shape index (κ1) is 16.3. The number of likely N-dealkylation sites (tertiary alicyclic amines) is 1. The van der Waals surface area contributed by atoms with Gasteiger partial charge in [-0.3, -0.25) is 15.1 Å². The molecule has 1 aromatic heterocycles. The molecule has 1 N–H and O–H groups in total. The average molecular weight is 335 g/mol. The molecule has 2 atom stereocenters. The van der Waals surface area contributed by atoms with Gasteiger partial charge in [-0.05, 0) is 56.4 Å². The van der Waals surface area contributed by atoms with Crippen molar-refractivity contribution in [2.24, 2.45) is 0 Å². The lowest BCUT2D eigenvalue weighted by atomic mass is 9.96. The van der Waals surface area contributed by atoms with Gasteiger partial charge in [0, 0.05) is 19.3 Å². The normalized spacial score (nSPS) is 26.0. The summed E-state index contributed by atoms with van der Waals surface area (Å²) in [5.74, 6) is 0.237. The van der Waals surface area contributed by atoms with Crippen LogP contribution >= 0.6 is 0 Å². The Morgan fingerprint density at radius 3 is 2.56 bits per heavy atom. The van der Waals surface area contributed by atoms with Crippen LogP contribution in [0.5, 0.6) is 0 Å². The molecule has 4 nitrogen and oxygen atoms in total. The fourth-order valence-electron chi connectivity index (χ4n) is 4.17. The number of hydrogen-bond donors (Lipinski definition) is 1. The molecular weight excluding hydrogens is 310 g/mol. The lowest BCUT2D eigenvalue weighted by Gasteiger charge is -2.23. The van der Waals surface area contributed by atoms with Gasteiger partial charge >= 0.3 is 0 Å². The zero-order chi connectivity index (χ0) is 17.6. The van der Waals surface area contributed by atoms with Crippen LogP contribution in [0.15, 0.2) is 36.4 Å². The zero-order valence-electron chi connectivity index (χ0n) is 15.2. The van der Waals surface area contributed by atoms with Crippen LogP contribution in [0.4, 0.5) is 0 Å². The van der Waals surface area contributed by atoms with Crippen molar-refractivity contribution >= 4 is 5.91 Å². The lowest BCUT2D eigenvalue weighted by Crippen LogP contribution is -2.47. The number of benzene rings is 1. The van der Waals surface area contributed by atoms with Gasteiger partial charge < -0.3 is 4.90 Å². The monoisotopic (exact) mass is 335 g/mol. The predicted molar refractivity (Wildman–Crippen MR) is 99.2 cm³/mol. The Bertz CT molecular complexity index is 814. The molecule has 25 heavy (non-hydrogen) atoms. The third-order valence-corrected chi connectivity index (χ3v) is 5.66. The summed E-state index contributed by atoms with van der Waals surface area (Å²) in [4.78, 5) is 19.2. The maximum atomic E-state index is 12.5. The van der Waals surface area contributed by atoms with E-state index in [2.05, 4.69) is 48.6 Å². The Kier molecular flexibility index (Phi) is 3.88. The number of aromatic nitrogens is 1. The highest BCUT2D eigenvalue weighted by Gasteiger charge is 2.50. The van der Waals surface area contributed by atoms with Gasteiger partial charge in [-0.1, -0.05) is 29.8 Å². The van der Waals surface area contributed by atoms with Crippen LogP contribution in [-0.2, 0) is 4.79 Å². The SMILES string of the molecule is Cc1ccc(-c2cc(C)nc([C@H]3CC[C@@]4(CCN(C)C4=O)N3)c2)cc1. The molecule has 4 rings (SSSR count). The van der Waals surface area contributed by atoms with Crippen LogP contribution in [0, 0.1) is 13.8 Å². The Hall–Kier alpha value is -2.20. The molecule has 130 valence electrons. The molecule has 0 unspecified atom stereocenters. The maximum Gasteiger partial charge on any atom is 0.242 e. The van der Waals surface area contributed by atoms with Gasteiger partial charge in [-0.15, -0.1) is 0 Å². The Morgan fingerprint density at radius 2 is 1.88 bits per heavy atom. The van der Waals surface area contributed by atoms with Crippen LogP contribution in [0.25, 0.3) is 11.1 Å². The fraction of sp³-hybridized carbons (Fsp3) is 0.429. The number of likely N-dealkylation sites (N-methyl/N-ethyl adjacent to an activating group) is 1. The van der Waals surface area contributed by atoms with E-state index in [0.29, 0.717) is 0 Å². The number of amides is 1. The highest BCUT2D eigenvalue weighted by atomic mass is 16.2. The van der Waals surface area contributed by atoms with E-state index in [1.54, 1.807) is 0 Å². The zero-order valence-corrected chi connectivity index (χ0v) is 15.2. The topological polar surface area (TPSA) is 45.2 Å². The second kappa shape index (κ2) is 5.95. The summed E-state index contributed by atoms with van der Waals surface area (Å²) in [6.07, 6.45) is 2.76. The molecule has 2 fully saturated rings. The van der Waals surface area contributed by atoms with E-state index in [4.69, 9.17) is 4.98 Å². The Balaban J connectivity index is 1.63. The molecule has 1 aromatic carbocycles. The highest BCUT2D eigenvalue weighted by Crippen LogP contribution is 2.39. The first-order valence-electron chi connectivity index (χ1n) is 9.06. The minimum Gasteiger partial charge on any atom is -0.344 e. The molecule has 4 heteroatoms. The first-order valence-corrected chi connectivity index (χ1v) is 9.06. The van der Waals surface area contributed by atoms with E-state index >= 15 is 0 Å². The number of aryl methyl sites for hydroxylation is 2. The molecule has 2 aromatic rings. The molecule has 1 amide bonds. The standard InChI is InChI=1S/C21H25N3O/c1-14-4-6-16(7-5-14)17-12-15(2)22-19(13-17)18-8-9-21(23-18)10-11-24(3)20(21)25/h4-7,12-13,18,23H,8-11H2,1-3H3/t18-,21+/m1/s1. The van der Waals surface area contributed by atoms with Gasteiger partial charge in [0.1, 0.15) is 5.54 Å². The molecular formula is C21H25N3O. The number of hydrogen-bond acceptors (Lipinski definition) is 3. The smallest absolute Gasteiger partial charge is 0.242 e. The largest absolute Gasteiger partial charge is 0.344 e. The summed E-state index contributed by atoms with van der Waals surface area (Å²) < 4.78 is 0. The summed E-state index contributed by atoms with van der Waals surface area (Å²) in [5, 5.41) is 3.62. The Labute approximate surface area is 149 Å². The average Bonchev–Trinajstić information content (AvgIpc) is 3.15. The van der Waals surface area contributed by atoms with Crippen molar-refractivity contribution in [1.29, 1.82) is 0 Å². The number of rotatable bonds is 2. The summed E-state index contributed by atoms with van der Waals surface area (Å²) in [6.45, 7) is 4.99. The van der Waals surface area contributed by atoms with Gasteiger partial charge in [0.2, 0.25) is 5.91 Å². The van der Waals surface area contributed by atoms with E-state index in [1.165, 1.54) is 16.7 Å². The fourth-order valence-corrected chi connectivity index (χ4v) is 4.17. The highest BCUT2D eigenvalue weighted by molar-refractivity contribution is 5.88. The van der Waals surface area contributed by atoms with Gasteiger partial charge in [-0.2, -0.15) is 0 Å². The van der Waals surface area contributed by atoms with Crippen molar-refractivity contribution in [2.75, 3.05) is 13.6 Å². The molecule has 1 spiro atoms. The number of pyridine rings is 1. The predicted octanol–water partition coefficient (Wildman–Crippen LogP) is 3.39. The summed E-state index contributed by atoms with van der Waals surface area (Å²) in [7, 11) is 1.90. The van der Waals surface area contributed by atoms with Crippen molar-refractivity contribution in [3.63, 3.8) is 0 Å². The minimum absolute atomic E-state index is 0.152. The van der Waals surface area contributed by atoms with Crippen LogP contribution in [0.2, 0.25) is 0 Å². The van der Waals surface area contributed by atoms with Crippen molar-refractivity contribution < 1.29 is 4.79 Å². The van der Waals surface area contributed by atoms with Gasteiger partial charge in [-0.25, -0.2) is 0 Å². The van der Waals surface area contributed by atoms with Crippen molar-refractivity contribution in [1.82, 2.24) is 15.2 Å². The van der Waals surface area contributed by atoms with E-state index in [1.807, 2.05) is 18.9 Å². The van der Waals surface area contributed by atoms with Gasteiger partial charge in [0.05, 0.1) is 11.7 Å². The van der Waals surface area contributed by atoms with Crippen LogP contribution < -0.4 is 5.32 Å². The van der Waals surface area contributed by atoms with Gasteiger partial charge in [0.15, 0.2) is 0 Å². The third kappa shape index (κ3) is 2.85. The number of nitrogens with zero attached hydrogens (tertiary/aromatic N) is 2. The van der Waals surface area contributed by atoms with E-state index in [9.17, 15) is 4.79 Å². The quantitative estimate of drug-likeness (QED) is 0.915. The molecule has 2 aliphatic heterocycles. The summed E-state index contributed by atoms with van der Waals surface area (Å²) in [5.41, 5.74) is 5.37. The third-order valence-electron chi connectivity index (χ3n) is 5.66. The maximum absolute atomic E-state index is 12.5. The molecule has 2 saturated heterocycles. The van der Waals surface area contributed by atoms with Crippen molar-refractivity contribution in [3.05, 3.63) is 53.3 Å². The number of carbonyl (C=O) groups excluding carboxylic acids is 1. The molecule has 0 saturated carbocycles. The molecule has 0 bridgehead atoms. The number of nitrogens with one attached hydrogen (secondary N) is 1. The first-order chi connectivity index (χ1) is 12.0. The summed E-state index contributed by atoms with van der Waals surface area (Å²) >= 11 is 0. The molecule has 3 heterocycles. The second-order valence-electron chi connectivity index (χ2n) is 7.58. The van der Waals surface area contributed by atoms with E-state index in [0.717, 1.165) is 37.2 Å². The van der Waals surface area contributed by atoms with Crippen LogP contribution in [0.3, 0.4) is 0 Å². The van der Waals surface area contributed by atoms with Crippen LogP contribution in [0.1, 0.15) is 42.3 Å². The van der Waals surface area contributed by atoms with Crippen LogP contribution in [-0.4, -0.2) is 34.9 Å². The number of carbonyl (C=O) groups is 1. The molecule has 2 aliphatic rings. The van der Waals surface area contributed by atoms with Crippen molar-refractivity contribution in [2.45, 2.75) is 44.7 Å². The molecule has 0 aliphatic carbocycles. The Morgan fingerprint density at radius 1 is 1.12 bits per heavy atom. The molecule has 0 radical (unpaired) electrons. The minimum atomic E-state index is -0.366. The van der Waals surface area contributed by atoms with E-state index < -0.39 is 0 Å². The lowest BCUT2D eigenvalue weighted by molar-refractivity contribution is -0.131. The van der Waals surface area contributed by atoms with Crippen molar-refractivity contribution in [3.8, 4) is 11.1 Å². The van der Waals surface area contributed by atoms with Gasteiger partial charge in [0.25, 0.3) is 0 Å². The second-order valence-corrected chi connectivity index (χ2v) is 7.58. The van der Waals surface area contributed by atoms with E-state index in [-0.39, 0.29) is 17.5 Å². The summed E-state index contributed by atoms with van der Waals surface area (Å²) in [6, 6.07) is 13.1.